The third kappa shape index (κ3) is 16.9. The van der Waals surface area contributed by atoms with Crippen molar-refractivity contribution in [3.63, 3.8) is 0 Å². The van der Waals surface area contributed by atoms with Crippen LogP contribution in [0.5, 0.6) is 5.75 Å². The van der Waals surface area contributed by atoms with Crippen molar-refractivity contribution in [2.45, 2.75) is 96.8 Å². The summed E-state index contributed by atoms with van der Waals surface area (Å²) in [5, 5.41) is 0. The smallest absolute Gasteiger partial charge is 0.305 e. The molecule has 1 rings (SSSR count). The van der Waals surface area contributed by atoms with Gasteiger partial charge in [0.15, 0.2) is 0 Å². The van der Waals surface area contributed by atoms with Gasteiger partial charge >= 0.3 is 5.97 Å². The fraction of sp³-hybridized carbons (Fsp3) is 0.654. The van der Waals surface area contributed by atoms with E-state index in [9.17, 15) is 4.79 Å². The Morgan fingerprint density at radius 3 is 2.00 bits per heavy atom. The highest BCUT2D eigenvalue weighted by molar-refractivity contribution is 5.69. The molecule has 29 heavy (non-hydrogen) atoms. The molecule has 1 aromatic carbocycles. The maximum absolute atomic E-state index is 11.7. The zero-order chi connectivity index (χ0) is 20.8. The van der Waals surface area contributed by atoms with Crippen LogP contribution in [0.2, 0.25) is 0 Å². The summed E-state index contributed by atoms with van der Waals surface area (Å²) in [5.41, 5.74) is 0. The second kappa shape index (κ2) is 19.5. The summed E-state index contributed by atoms with van der Waals surface area (Å²) in [5.74, 6) is 0.695. The Morgan fingerprint density at radius 2 is 1.34 bits per heavy atom. The number of hydrogen-bond acceptors (Lipinski definition) is 3. The number of hydrogen-bond donors (Lipinski definition) is 0. The Balaban J connectivity index is 1.79. The van der Waals surface area contributed by atoms with Crippen LogP contribution in [0, 0.1) is 0 Å². The first-order valence-corrected chi connectivity index (χ1v) is 11.8. The summed E-state index contributed by atoms with van der Waals surface area (Å²) < 4.78 is 10.7. The lowest BCUT2D eigenvalue weighted by Gasteiger charge is -2.07. The SMILES string of the molecule is CCCCCCCC/C=C\CCCCCCCC(=O)OCCOc1ccccc1. The molecule has 0 amide bonds. The maximum Gasteiger partial charge on any atom is 0.305 e. The van der Waals surface area contributed by atoms with Crippen LogP contribution in [0.3, 0.4) is 0 Å². The number of ether oxygens (including phenoxy) is 2. The van der Waals surface area contributed by atoms with Gasteiger partial charge in [0.05, 0.1) is 0 Å². The summed E-state index contributed by atoms with van der Waals surface area (Å²) in [6, 6.07) is 9.59. The molecule has 0 aliphatic heterocycles. The molecule has 0 saturated carbocycles. The van der Waals surface area contributed by atoms with Crippen LogP contribution in [-0.2, 0) is 9.53 Å². The second-order valence-electron chi connectivity index (χ2n) is 7.72. The van der Waals surface area contributed by atoms with Gasteiger partial charge in [-0.25, -0.2) is 0 Å². The monoisotopic (exact) mass is 402 g/mol. The van der Waals surface area contributed by atoms with E-state index in [2.05, 4.69) is 19.1 Å². The molecule has 0 atom stereocenters. The van der Waals surface area contributed by atoms with Crippen LogP contribution in [0.1, 0.15) is 96.8 Å². The van der Waals surface area contributed by atoms with Crippen molar-refractivity contribution in [2.24, 2.45) is 0 Å². The molecule has 0 aliphatic rings. The number of carbonyl (C=O) groups is 1. The Labute approximate surface area is 178 Å². The number of benzene rings is 1. The first-order valence-electron chi connectivity index (χ1n) is 11.8. The highest BCUT2D eigenvalue weighted by atomic mass is 16.6. The molecule has 0 heterocycles. The number of para-hydroxylation sites is 1. The molecule has 1 aromatic rings. The molecular formula is C26H42O3. The van der Waals surface area contributed by atoms with Gasteiger partial charge in [-0.15, -0.1) is 0 Å². The van der Waals surface area contributed by atoms with Crippen LogP contribution >= 0.6 is 0 Å². The standard InChI is InChI=1S/C26H42O3/c1-2-3-4-5-6-7-8-9-10-11-12-13-14-15-19-22-26(27)29-24-23-28-25-20-17-16-18-21-25/h9-10,16-18,20-21H,2-8,11-15,19,22-24H2,1H3/b10-9-. The van der Waals surface area contributed by atoms with Crippen LogP contribution in [0.15, 0.2) is 42.5 Å². The molecule has 0 N–H and O–H groups in total. The number of carbonyl (C=O) groups excluding carboxylic acids is 1. The molecule has 0 radical (unpaired) electrons. The Hall–Kier alpha value is -1.77. The minimum atomic E-state index is -0.112. The first-order chi connectivity index (χ1) is 14.3. The van der Waals surface area contributed by atoms with Crippen molar-refractivity contribution >= 4 is 5.97 Å². The van der Waals surface area contributed by atoms with Crippen LogP contribution in [0.4, 0.5) is 0 Å². The number of allylic oxidation sites excluding steroid dienone is 2. The van der Waals surface area contributed by atoms with E-state index in [1.54, 1.807) is 0 Å². The zero-order valence-electron chi connectivity index (χ0n) is 18.6. The van der Waals surface area contributed by atoms with E-state index in [-0.39, 0.29) is 5.97 Å². The van der Waals surface area contributed by atoms with Crippen LogP contribution in [-0.4, -0.2) is 19.2 Å². The summed E-state index contributed by atoms with van der Waals surface area (Å²) in [6.45, 7) is 2.99. The molecule has 164 valence electrons. The lowest BCUT2D eigenvalue weighted by Crippen LogP contribution is -2.11. The van der Waals surface area contributed by atoms with Crippen molar-refractivity contribution in [1.29, 1.82) is 0 Å². The molecule has 0 unspecified atom stereocenters. The van der Waals surface area contributed by atoms with Gasteiger partial charge in [0.1, 0.15) is 19.0 Å². The summed E-state index contributed by atoms with van der Waals surface area (Å²) in [6.07, 6.45) is 21.6. The Morgan fingerprint density at radius 1 is 0.759 bits per heavy atom. The van der Waals surface area contributed by atoms with E-state index < -0.39 is 0 Å². The van der Waals surface area contributed by atoms with Gasteiger partial charge in [0, 0.05) is 6.42 Å². The second-order valence-corrected chi connectivity index (χ2v) is 7.72. The molecule has 0 saturated heterocycles. The van der Waals surface area contributed by atoms with Crippen molar-refractivity contribution < 1.29 is 14.3 Å². The summed E-state index contributed by atoms with van der Waals surface area (Å²) in [7, 11) is 0. The predicted molar refractivity (Wildman–Crippen MR) is 122 cm³/mol. The maximum atomic E-state index is 11.7. The Bertz CT molecular complexity index is 510. The van der Waals surface area contributed by atoms with Gasteiger partial charge in [0.25, 0.3) is 0 Å². The highest BCUT2D eigenvalue weighted by Crippen LogP contribution is 2.11. The average molecular weight is 403 g/mol. The van der Waals surface area contributed by atoms with Gasteiger partial charge in [-0.2, -0.15) is 0 Å². The highest BCUT2D eigenvalue weighted by Gasteiger charge is 2.02. The van der Waals surface area contributed by atoms with Gasteiger partial charge in [-0.3, -0.25) is 4.79 Å². The quantitative estimate of drug-likeness (QED) is 0.135. The lowest BCUT2D eigenvalue weighted by atomic mass is 10.1. The summed E-state index contributed by atoms with van der Waals surface area (Å²) >= 11 is 0. The van der Waals surface area contributed by atoms with Crippen molar-refractivity contribution in [2.75, 3.05) is 13.2 Å². The third-order valence-electron chi connectivity index (χ3n) is 5.00. The summed E-state index contributed by atoms with van der Waals surface area (Å²) in [4.78, 5) is 11.7. The van der Waals surface area contributed by atoms with Crippen LogP contribution in [0.25, 0.3) is 0 Å². The van der Waals surface area contributed by atoms with E-state index in [4.69, 9.17) is 9.47 Å². The first kappa shape index (κ1) is 25.3. The van der Waals surface area contributed by atoms with E-state index in [1.165, 1.54) is 70.6 Å². The molecule has 0 fully saturated rings. The molecule has 0 bridgehead atoms. The topological polar surface area (TPSA) is 35.5 Å². The normalized spacial score (nSPS) is 11.1. The molecular weight excluding hydrogens is 360 g/mol. The lowest BCUT2D eigenvalue weighted by molar-refractivity contribution is -0.144. The van der Waals surface area contributed by atoms with E-state index >= 15 is 0 Å². The van der Waals surface area contributed by atoms with E-state index in [0.29, 0.717) is 19.6 Å². The minimum absolute atomic E-state index is 0.112. The largest absolute Gasteiger partial charge is 0.490 e. The van der Waals surface area contributed by atoms with E-state index in [0.717, 1.165) is 18.6 Å². The molecule has 3 nitrogen and oxygen atoms in total. The Kier molecular flexibility index (Phi) is 17.0. The van der Waals surface area contributed by atoms with Gasteiger partial charge in [-0.05, 0) is 44.2 Å². The van der Waals surface area contributed by atoms with Gasteiger partial charge < -0.3 is 9.47 Å². The number of rotatable bonds is 19. The minimum Gasteiger partial charge on any atom is -0.490 e. The molecule has 0 aromatic heterocycles. The molecule has 0 aliphatic carbocycles. The average Bonchev–Trinajstić information content (AvgIpc) is 2.75. The number of unbranched alkanes of at least 4 members (excludes halogenated alkanes) is 11. The number of esters is 1. The zero-order valence-corrected chi connectivity index (χ0v) is 18.6. The van der Waals surface area contributed by atoms with Crippen LogP contribution < -0.4 is 4.74 Å². The fourth-order valence-corrected chi connectivity index (χ4v) is 3.24. The van der Waals surface area contributed by atoms with Gasteiger partial charge in [-0.1, -0.05) is 88.6 Å². The van der Waals surface area contributed by atoms with Crippen molar-refractivity contribution in [1.82, 2.24) is 0 Å². The third-order valence-corrected chi connectivity index (χ3v) is 5.00. The van der Waals surface area contributed by atoms with Crippen molar-refractivity contribution in [3.8, 4) is 5.75 Å². The fourth-order valence-electron chi connectivity index (χ4n) is 3.24. The molecule has 3 heteroatoms. The van der Waals surface area contributed by atoms with E-state index in [1.807, 2.05) is 30.3 Å². The van der Waals surface area contributed by atoms with Crippen molar-refractivity contribution in [3.05, 3.63) is 42.5 Å². The predicted octanol–water partition coefficient (Wildman–Crippen LogP) is 7.65. The van der Waals surface area contributed by atoms with Gasteiger partial charge in [0.2, 0.25) is 0 Å². The molecule has 0 spiro atoms.